The van der Waals surface area contributed by atoms with E-state index in [1.165, 1.54) is 24.2 Å². The number of nitrogens with one attached hydrogen (secondary N) is 1. The highest BCUT2D eigenvalue weighted by Gasteiger charge is 2.29. The molecule has 1 aliphatic heterocycles. The molecule has 2 aliphatic rings. The standard InChI is InChI=1S/C18H23N5O/c1-19-18(24)14-5-4-9-20-17(14)22-10-8-13(11-22)23-12-21-15-6-2-3-7-16(15)23/h4-5,9,12-13H,2-3,6-8,10-11H2,1H3,(H,19,24). The predicted molar refractivity (Wildman–Crippen MR) is 92.4 cm³/mol. The van der Waals surface area contributed by atoms with Crippen molar-refractivity contribution in [1.82, 2.24) is 19.9 Å². The van der Waals surface area contributed by atoms with Crippen molar-refractivity contribution in [1.29, 1.82) is 0 Å². The average molecular weight is 325 g/mol. The van der Waals surface area contributed by atoms with Gasteiger partial charge >= 0.3 is 0 Å². The highest BCUT2D eigenvalue weighted by molar-refractivity contribution is 5.98. The van der Waals surface area contributed by atoms with Crippen LogP contribution < -0.4 is 10.2 Å². The molecule has 1 amide bonds. The Morgan fingerprint density at radius 1 is 1.29 bits per heavy atom. The van der Waals surface area contributed by atoms with Crippen LogP contribution in [0.5, 0.6) is 0 Å². The van der Waals surface area contributed by atoms with Crippen molar-refractivity contribution < 1.29 is 4.79 Å². The van der Waals surface area contributed by atoms with Gasteiger partial charge in [0.15, 0.2) is 0 Å². The summed E-state index contributed by atoms with van der Waals surface area (Å²) in [5.74, 6) is 0.704. The molecular weight excluding hydrogens is 302 g/mol. The molecule has 3 heterocycles. The van der Waals surface area contributed by atoms with Gasteiger partial charge in [-0.05, 0) is 44.2 Å². The summed E-state index contributed by atoms with van der Waals surface area (Å²) >= 11 is 0. The number of aryl methyl sites for hydroxylation is 1. The minimum absolute atomic E-state index is 0.0819. The third kappa shape index (κ3) is 2.56. The molecule has 4 rings (SSSR count). The number of carbonyl (C=O) groups is 1. The number of anilines is 1. The number of carbonyl (C=O) groups excluding carboxylic acids is 1. The van der Waals surface area contributed by atoms with Gasteiger partial charge in [-0.1, -0.05) is 0 Å². The van der Waals surface area contributed by atoms with Gasteiger partial charge in [0.1, 0.15) is 5.82 Å². The molecule has 1 fully saturated rings. The molecule has 1 unspecified atom stereocenters. The van der Waals surface area contributed by atoms with Crippen molar-refractivity contribution in [2.24, 2.45) is 0 Å². The lowest BCUT2D eigenvalue weighted by Gasteiger charge is -2.22. The Balaban J connectivity index is 1.57. The van der Waals surface area contributed by atoms with Gasteiger partial charge in [-0.25, -0.2) is 9.97 Å². The molecule has 0 spiro atoms. The Hall–Kier alpha value is -2.37. The number of pyridine rings is 1. The molecular formula is C18H23N5O. The van der Waals surface area contributed by atoms with Crippen molar-refractivity contribution in [2.75, 3.05) is 25.0 Å². The molecule has 0 saturated carbocycles. The van der Waals surface area contributed by atoms with Gasteiger partial charge < -0.3 is 14.8 Å². The normalized spacial score (nSPS) is 20.0. The Bertz CT molecular complexity index is 754. The van der Waals surface area contributed by atoms with E-state index >= 15 is 0 Å². The summed E-state index contributed by atoms with van der Waals surface area (Å²) in [5.41, 5.74) is 3.34. The van der Waals surface area contributed by atoms with Crippen molar-refractivity contribution >= 4 is 11.7 Å². The summed E-state index contributed by atoms with van der Waals surface area (Å²) in [6.07, 6.45) is 9.60. The third-order valence-electron chi connectivity index (χ3n) is 5.17. The zero-order valence-electron chi connectivity index (χ0n) is 14.0. The molecule has 6 heteroatoms. The van der Waals surface area contributed by atoms with E-state index in [1.54, 1.807) is 13.2 Å². The van der Waals surface area contributed by atoms with E-state index in [1.807, 2.05) is 18.5 Å². The van der Waals surface area contributed by atoms with Crippen LogP contribution in [0, 0.1) is 0 Å². The van der Waals surface area contributed by atoms with E-state index in [-0.39, 0.29) is 5.91 Å². The van der Waals surface area contributed by atoms with Gasteiger partial charge in [-0.15, -0.1) is 0 Å². The van der Waals surface area contributed by atoms with Gasteiger partial charge in [0.05, 0.1) is 23.6 Å². The fourth-order valence-electron chi connectivity index (χ4n) is 3.93. The lowest BCUT2D eigenvalue weighted by Crippen LogP contribution is -2.27. The quantitative estimate of drug-likeness (QED) is 0.937. The molecule has 0 radical (unpaired) electrons. The average Bonchev–Trinajstić information content (AvgIpc) is 3.27. The zero-order chi connectivity index (χ0) is 16.5. The van der Waals surface area contributed by atoms with Crippen LogP contribution in [-0.4, -0.2) is 40.6 Å². The van der Waals surface area contributed by atoms with Crippen molar-refractivity contribution in [2.45, 2.75) is 38.1 Å². The first kappa shape index (κ1) is 15.2. The van der Waals surface area contributed by atoms with Crippen molar-refractivity contribution in [3.05, 3.63) is 41.6 Å². The number of amides is 1. The minimum atomic E-state index is -0.0819. The largest absolute Gasteiger partial charge is 0.355 e. The molecule has 126 valence electrons. The molecule has 6 nitrogen and oxygen atoms in total. The second-order valence-corrected chi connectivity index (χ2v) is 6.59. The first-order valence-electron chi connectivity index (χ1n) is 8.74. The van der Waals surface area contributed by atoms with Gasteiger partial charge in [-0.2, -0.15) is 0 Å². The van der Waals surface area contributed by atoms with E-state index in [9.17, 15) is 4.79 Å². The van der Waals surface area contributed by atoms with E-state index < -0.39 is 0 Å². The number of hydrogen-bond donors (Lipinski definition) is 1. The molecule has 2 aromatic heterocycles. The lowest BCUT2D eigenvalue weighted by molar-refractivity contribution is 0.0963. The van der Waals surface area contributed by atoms with Crippen LogP contribution in [0.1, 0.15) is 47.1 Å². The molecule has 1 N–H and O–H groups in total. The molecule has 2 aromatic rings. The summed E-state index contributed by atoms with van der Waals surface area (Å²) in [5, 5.41) is 2.70. The van der Waals surface area contributed by atoms with Crippen LogP contribution in [0.2, 0.25) is 0 Å². The van der Waals surface area contributed by atoms with E-state index in [0.29, 0.717) is 11.6 Å². The number of fused-ring (bicyclic) bond motifs is 1. The van der Waals surface area contributed by atoms with E-state index in [2.05, 4.69) is 24.8 Å². The number of aromatic nitrogens is 3. The summed E-state index contributed by atoms with van der Waals surface area (Å²) in [7, 11) is 1.66. The van der Waals surface area contributed by atoms with Crippen LogP contribution in [0.4, 0.5) is 5.82 Å². The number of nitrogens with zero attached hydrogens (tertiary/aromatic N) is 4. The molecule has 1 atom stereocenters. The smallest absolute Gasteiger partial charge is 0.254 e. The maximum absolute atomic E-state index is 12.1. The Morgan fingerprint density at radius 2 is 2.17 bits per heavy atom. The Morgan fingerprint density at radius 3 is 3.04 bits per heavy atom. The maximum Gasteiger partial charge on any atom is 0.254 e. The summed E-state index contributed by atoms with van der Waals surface area (Å²) in [4.78, 5) is 23.4. The van der Waals surface area contributed by atoms with Crippen molar-refractivity contribution in [3.63, 3.8) is 0 Å². The summed E-state index contributed by atoms with van der Waals surface area (Å²) in [6, 6.07) is 4.07. The fourth-order valence-corrected chi connectivity index (χ4v) is 3.93. The van der Waals surface area contributed by atoms with Crippen LogP contribution in [0.15, 0.2) is 24.7 Å². The highest BCUT2D eigenvalue weighted by Crippen LogP contribution is 2.31. The third-order valence-corrected chi connectivity index (χ3v) is 5.17. The predicted octanol–water partition coefficient (Wildman–Crippen LogP) is 1.97. The second-order valence-electron chi connectivity index (χ2n) is 6.59. The maximum atomic E-state index is 12.1. The fraction of sp³-hybridized carbons (Fsp3) is 0.500. The minimum Gasteiger partial charge on any atom is -0.355 e. The summed E-state index contributed by atoms with van der Waals surface area (Å²) < 4.78 is 2.37. The first-order valence-corrected chi connectivity index (χ1v) is 8.74. The molecule has 1 aliphatic carbocycles. The first-order chi connectivity index (χ1) is 11.8. The monoisotopic (exact) mass is 325 g/mol. The molecule has 0 aromatic carbocycles. The zero-order valence-corrected chi connectivity index (χ0v) is 14.0. The summed E-state index contributed by atoms with van der Waals surface area (Å²) in [6.45, 7) is 1.79. The number of rotatable bonds is 3. The lowest BCUT2D eigenvalue weighted by atomic mass is 10.0. The van der Waals surface area contributed by atoms with Gasteiger partial charge in [0.25, 0.3) is 5.91 Å². The van der Waals surface area contributed by atoms with Crippen LogP contribution in [-0.2, 0) is 12.8 Å². The topological polar surface area (TPSA) is 63.1 Å². The Kier molecular flexibility index (Phi) is 3.96. The highest BCUT2D eigenvalue weighted by atomic mass is 16.1. The SMILES string of the molecule is CNC(=O)c1cccnc1N1CCC(n2cnc3c2CCCC3)C1. The van der Waals surface area contributed by atoms with Gasteiger partial charge in [0.2, 0.25) is 0 Å². The van der Waals surface area contributed by atoms with E-state index in [0.717, 1.165) is 38.2 Å². The van der Waals surface area contributed by atoms with Crippen LogP contribution in [0.3, 0.4) is 0 Å². The van der Waals surface area contributed by atoms with Crippen molar-refractivity contribution in [3.8, 4) is 0 Å². The number of imidazole rings is 1. The molecule has 1 saturated heterocycles. The number of hydrogen-bond acceptors (Lipinski definition) is 4. The van der Waals surface area contributed by atoms with E-state index in [4.69, 9.17) is 0 Å². The van der Waals surface area contributed by atoms with Gasteiger partial charge in [-0.3, -0.25) is 4.79 Å². The van der Waals surface area contributed by atoms with Gasteiger partial charge in [0, 0.05) is 32.0 Å². The van der Waals surface area contributed by atoms with Crippen LogP contribution in [0.25, 0.3) is 0 Å². The van der Waals surface area contributed by atoms with Crippen LogP contribution >= 0.6 is 0 Å². The molecule has 24 heavy (non-hydrogen) atoms. The second kappa shape index (κ2) is 6.26. The molecule has 0 bridgehead atoms. The Labute approximate surface area is 141 Å².